The second-order valence-corrected chi connectivity index (χ2v) is 4.76. The van der Waals surface area contributed by atoms with Crippen LogP contribution in [0.15, 0.2) is 36.4 Å². The third-order valence-corrected chi connectivity index (χ3v) is 3.16. The summed E-state index contributed by atoms with van der Waals surface area (Å²) in [5, 5.41) is 11.8. The number of carbonyl (C=O) groups excluding carboxylic acids is 1. The number of amides is 1. The molecule has 0 radical (unpaired) electrons. The SMILES string of the molecule is COc1ccc(C(=O)Nc2ccc(C)cc2C(=O)O)c(N)c1. The lowest BCUT2D eigenvalue weighted by Crippen LogP contribution is -2.16. The number of ether oxygens (including phenoxy) is 1. The number of anilines is 2. The maximum Gasteiger partial charge on any atom is 0.337 e. The summed E-state index contributed by atoms with van der Waals surface area (Å²) in [6, 6.07) is 9.43. The molecule has 0 saturated carbocycles. The number of aryl methyl sites for hydroxylation is 1. The second kappa shape index (κ2) is 6.17. The van der Waals surface area contributed by atoms with Crippen molar-refractivity contribution in [1.29, 1.82) is 0 Å². The van der Waals surface area contributed by atoms with E-state index in [9.17, 15) is 14.7 Å². The first kappa shape index (κ1) is 15.4. The molecule has 2 aromatic carbocycles. The number of methoxy groups -OCH3 is 1. The molecule has 22 heavy (non-hydrogen) atoms. The van der Waals surface area contributed by atoms with Crippen molar-refractivity contribution in [2.45, 2.75) is 6.92 Å². The van der Waals surface area contributed by atoms with Gasteiger partial charge in [-0.2, -0.15) is 0 Å². The minimum Gasteiger partial charge on any atom is -0.497 e. The molecule has 2 rings (SSSR count). The third kappa shape index (κ3) is 3.17. The van der Waals surface area contributed by atoms with Gasteiger partial charge in [0.25, 0.3) is 5.91 Å². The van der Waals surface area contributed by atoms with Gasteiger partial charge in [-0.3, -0.25) is 4.79 Å². The molecule has 0 saturated heterocycles. The molecular formula is C16H16N2O4. The molecule has 4 N–H and O–H groups in total. The Morgan fingerprint density at radius 3 is 2.45 bits per heavy atom. The van der Waals surface area contributed by atoms with Crippen molar-refractivity contribution < 1.29 is 19.4 Å². The lowest BCUT2D eigenvalue weighted by molar-refractivity contribution is 0.0698. The fraction of sp³-hybridized carbons (Fsp3) is 0.125. The summed E-state index contributed by atoms with van der Waals surface area (Å²) in [7, 11) is 1.50. The number of nitrogen functional groups attached to an aromatic ring is 1. The van der Waals surface area contributed by atoms with Crippen molar-refractivity contribution in [3.8, 4) is 5.75 Å². The minimum absolute atomic E-state index is 0.0282. The quantitative estimate of drug-likeness (QED) is 0.753. The number of carboxylic acid groups (broad SMARTS) is 1. The molecule has 0 heterocycles. The number of aromatic carboxylic acids is 1. The highest BCUT2D eigenvalue weighted by Crippen LogP contribution is 2.22. The van der Waals surface area contributed by atoms with Gasteiger partial charge in [0.15, 0.2) is 0 Å². The van der Waals surface area contributed by atoms with Crippen molar-refractivity contribution >= 4 is 23.3 Å². The predicted molar refractivity (Wildman–Crippen MR) is 83.5 cm³/mol. The highest BCUT2D eigenvalue weighted by atomic mass is 16.5. The van der Waals surface area contributed by atoms with Crippen LogP contribution < -0.4 is 15.8 Å². The van der Waals surface area contributed by atoms with E-state index in [2.05, 4.69) is 5.32 Å². The molecule has 0 bridgehead atoms. The number of nitrogens with one attached hydrogen (secondary N) is 1. The summed E-state index contributed by atoms with van der Waals surface area (Å²) in [5.74, 6) is -1.05. The minimum atomic E-state index is -1.11. The first-order valence-electron chi connectivity index (χ1n) is 6.51. The van der Waals surface area contributed by atoms with Gasteiger partial charge in [-0.05, 0) is 31.2 Å². The molecule has 0 aliphatic heterocycles. The summed E-state index contributed by atoms with van der Waals surface area (Å²) in [4.78, 5) is 23.5. The van der Waals surface area contributed by atoms with Crippen LogP contribution in [-0.4, -0.2) is 24.1 Å². The number of rotatable bonds is 4. The fourth-order valence-electron chi connectivity index (χ4n) is 2.01. The Bertz CT molecular complexity index is 741. The Morgan fingerprint density at radius 2 is 1.86 bits per heavy atom. The zero-order valence-corrected chi connectivity index (χ0v) is 12.2. The highest BCUT2D eigenvalue weighted by Gasteiger charge is 2.15. The van der Waals surface area contributed by atoms with Gasteiger partial charge < -0.3 is 20.9 Å². The van der Waals surface area contributed by atoms with Crippen molar-refractivity contribution in [1.82, 2.24) is 0 Å². The number of nitrogens with two attached hydrogens (primary N) is 1. The summed E-state index contributed by atoms with van der Waals surface area (Å²) in [6.45, 7) is 1.78. The lowest BCUT2D eigenvalue weighted by Gasteiger charge is -2.11. The standard InChI is InChI=1S/C16H16N2O4/c1-9-3-6-14(12(7-9)16(20)21)18-15(19)11-5-4-10(22-2)8-13(11)17/h3-8H,17H2,1-2H3,(H,18,19)(H,20,21). The molecule has 0 spiro atoms. The van der Waals surface area contributed by atoms with E-state index in [0.717, 1.165) is 5.56 Å². The number of benzene rings is 2. The molecule has 114 valence electrons. The Balaban J connectivity index is 2.31. The first-order valence-corrected chi connectivity index (χ1v) is 6.51. The van der Waals surface area contributed by atoms with Crippen molar-refractivity contribution in [2.24, 2.45) is 0 Å². The summed E-state index contributed by atoms with van der Waals surface area (Å²) in [5.41, 5.74) is 7.35. The van der Waals surface area contributed by atoms with Crippen LogP contribution in [-0.2, 0) is 0 Å². The van der Waals surface area contributed by atoms with E-state index in [4.69, 9.17) is 10.5 Å². The average molecular weight is 300 g/mol. The normalized spacial score (nSPS) is 10.1. The Hall–Kier alpha value is -3.02. The molecule has 6 nitrogen and oxygen atoms in total. The van der Waals surface area contributed by atoms with Crippen LogP contribution >= 0.6 is 0 Å². The van der Waals surface area contributed by atoms with Gasteiger partial charge in [0.05, 0.1) is 23.9 Å². The maximum absolute atomic E-state index is 12.3. The van der Waals surface area contributed by atoms with Gasteiger partial charge in [-0.15, -0.1) is 0 Å². The van der Waals surface area contributed by atoms with E-state index in [1.165, 1.54) is 25.3 Å². The van der Waals surface area contributed by atoms with Gasteiger partial charge in [0, 0.05) is 11.8 Å². The molecule has 0 aliphatic rings. The molecule has 0 atom stereocenters. The van der Waals surface area contributed by atoms with E-state index in [1.54, 1.807) is 25.1 Å². The van der Waals surface area contributed by atoms with Crippen LogP contribution in [0.5, 0.6) is 5.75 Å². The highest BCUT2D eigenvalue weighted by molar-refractivity contribution is 6.10. The van der Waals surface area contributed by atoms with E-state index < -0.39 is 11.9 Å². The fourth-order valence-corrected chi connectivity index (χ4v) is 2.01. The van der Waals surface area contributed by atoms with Crippen molar-refractivity contribution in [3.63, 3.8) is 0 Å². The molecule has 0 fully saturated rings. The van der Waals surface area contributed by atoms with Gasteiger partial charge in [0.2, 0.25) is 0 Å². The molecule has 0 aliphatic carbocycles. The van der Waals surface area contributed by atoms with Crippen LogP contribution in [0.4, 0.5) is 11.4 Å². The number of carboxylic acids is 1. The topological polar surface area (TPSA) is 102 Å². The molecule has 0 unspecified atom stereocenters. The van der Waals surface area contributed by atoms with E-state index in [1.807, 2.05) is 0 Å². The first-order chi connectivity index (χ1) is 10.4. The molecular weight excluding hydrogens is 284 g/mol. The predicted octanol–water partition coefficient (Wildman–Crippen LogP) is 2.54. The second-order valence-electron chi connectivity index (χ2n) is 4.76. The maximum atomic E-state index is 12.3. The number of hydrogen-bond acceptors (Lipinski definition) is 4. The Morgan fingerprint density at radius 1 is 1.14 bits per heavy atom. The van der Waals surface area contributed by atoms with Crippen molar-refractivity contribution in [3.05, 3.63) is 53.1 Å². The van der Waals surface area contributed by atoms with Crippen LogP contribution in [0.2, 0.25) is 0 Å². The average Bonchev–Trinajstić information content (AvgIpc) is 2.48. The monoisotopic (exact) mass is 300 g/mol. The van der Waals surface area contributed by atoms with Gasteiger partial charge in [0.1, 0.15) is 5.75 Å². The zero-order chi connectivity index (χ0) is 16.3. The van der Waals surface area contributed by atoms with Crippen LogP contribution in [0.25, 0.3) is 0 Å². The summed E-state index contributed by atoms with van der Waals surface area (Å²) >= 11 is 0. The molecule has 2 aromatic rings. The van der Waals surface area contributed by atoms with Gasteiger partial charge >= 0.3 is 5.97 Å². The number of hydrogen-bond donors (Lipinski definition) is 3. The van der Waals surface area contributed by atoms with Gasteiger partial charge in [-0.25, -0.2) is 4.79 Å². The van der Waals surface area contributed by atoms with E-state index >= 15 is 0 Å². The van der Waals surface area contributed by atoms with Gasteiger partial charge in [-0.1, -0.05) is 11.6 Å². The Kier molecular flexibility index (Phi) is 4.31. The summed E-state index contributed by atoms with van der Waals surface area (Å²) < 4.78 is 5.02. The molecule has 6 heteroatoms. The molecule has 0 aromatic heterocycles. The van der Waals surface area contributed by atoms with Crippen LogP contribution in [0.1, 0.15) is 26.3 Å². The van der Waals surface area contributed by atoms with Crippen LogP contribution in [0.3, 0.4) is 0 Å². The third-order valence-electron chi connectivity index (χ3n) is 3.16. The zero-order valence-electron chi connectivity index (χ0n) is 12.2. The van der Waals surface area contributed by atoms with Crippen LogP contribution in [0, 0.1) is 6.92 Å². The largest absolute Gasteiger partial charge is 0.497 e. The molecule has 1 amide bonds. The smallest absolute Gasteiger partial charge is 0.337 e. The van der Waals surface area contributed by atoms with Crippen molar-refractivity contribution in [2.75, 3.05) is 18.2 Å². The van der Waals surface area contributed by atoms with E-state index in [-0.39, 0.29) is 22.5 Å². The summed E-state index contributed by atoms with van der Waals surface area (Å²) in [6.07, 6.45) is 0. The lowest BCUT2D eigenvalue weighted by atomic mass is 10.1. The number of carbonyl (C=O) groups is 2. The van der Waals surface area contributed by atoms with E-state index in [0.29, 0.717) is 5.75 Å². The Labute approximate surface area is 127 Å².